The van der Waals surface area contributed by atoms with Crippen LogP contribution in [0.5, 0.6) is 5.75 Å². The second-order valence-corrected chi connectivity index (χ2v) is 4.88. The number of rotatable bonds is 4. The van der Waals surface area contributed by atoms with Crippen molar-refractivity contribution in [3.63, 3.8) is 0 Å². The monoisotopic (exact) mass is 288 g/mol. The number of nitrogens with one attached hydrogen (secondary N) is 1. The maximum absolute atomic E-state index is 9.86. The zero-order valence-corrected chi connectivity index (χ0v) is 12.0. The van der Waals surface area contributed by atoms with E-state index < -0.39 is 0 Å². The summed E-state index contributed by atoms with van der Waals surface area (Å²) in [6, 6.07) is 25.0. The molecule has 0 amide bonds. The Kier molecular flexibility index (Phi) is 4.16. The molecule has 3 rings (SSSR count). The third-order valence-electron chi connectivity index (χ3n) is 3.31. The first-order valence-electron chi connectivity index (χ1n) is 7.05. The molecule has 2 N–H and O–H groups in total. The molecular formula is C19H16N2O. The highest BCUT2D eigenvalue weighted by Gasteiger charge is 2.02. The molecule has 0 saturated heterocycles. The number of aromatic hydroxyl groups is 1. The van der Waals surface area contributed by atoms with Gasteiger partial charge in [0, 0.05) is 5.56 Å². The van der Waals surface area contributed by atoms with E-state index in [4.69, 9.17) is 0 Å². The highest BCUT2D eigenvalue weighted by atomic mass is 16.3. The molecule has 22 heavy (non-hydrogen) atoms. The minimum absolute atomic E-state index is 0.287. The maximum Gasteiger partial charge on any atom is 0.123 e. The van der Waals surface area contributed by atoms with Gasteiger partial charge in [-0.1, -0.05) is 60.7 Å². The van der Waals surface area contributed by atoms with Crippen molar-refractivity contribution in [2.75, 3.05) is 5.43 Å². The van der Waals surface area contributed by atoms with Crippen LogP contribution in [0.3, 0.4) is 0 Å². The lowest BCUT2D eigenvalue weighted by Gasteiger charge is -2.04. The van der Waals surface area contributed by atoms with Crippen LogP contribution >= 0.6 is 0 Å². The van der Waals surface area contributed by atoms with Crippen molar-refractivity contribution in [2.24, 2.45) is 5.10 Å². The fourth-order valence-corrected chi connectivity index (χ4v) is 2.16. The van der Waals surface area contributed by atoms with Gasteiger partial charge < -0.3 is 5.11 Å². The minimum atomic E-state index is 0.287. The van der Waals surface area contributed by atoms with Crippen LogP contribution in [0.4, 0.5) is 5.69 Å². The molecule has 3 heteroatoms. The standard InChI is InChI=1S/C19H16N2O/c22-19-9-5-4-8-18(19)16-12-10-15(11-13-16)14-20-21-17-6-2-1-3-7-17/h1-14,21-22H. The van der Waals surface area contributed by atoms with Gasteiger partial charge in [0.1, 0.15) is 5.75 Å². The normalized spacial score (nSPS) is 10.7. The Hall–Kier alpha value is -3.07. The van der Waals surface area contributed by atoms with Crippen molar-refractivity contribution in [3.8, 4) is 16.9 Å². The van der Waals surface area contributed by atoms with E-state index in [2.05, 4.69) is 10.5 Å². The molecule has 0 radical (unpaired) electrons. The number of hydrogen-bond donors (Lipinski definition) is 2. The molecule has 0 spiro atoms. The fourth-order valence-electron chi connectivity index (χ4n) is 2.16. The van der Waals surface area contributed by atoms with Gasteiger partial charge in [-0.2, -0.15) is 5.10 Å². The summed E-state index contributed by atoms with van der Waals surface area (Å²) in [5, 5.41) is 14.1. The van der Waals surface area contributed by atoms with Crippen LogP contribution in [0.15, 0.2) is 84.0 Å². The zero-order chi connectivity index (χ0) is 15.2. The Balaban J connectivity index is 1.71. The molecule has 0 unspecified atom stereocenters. The largest absolute Gasteiger partial charge is 0.507 e. The molecule has 3 aromatic rings. The summed E-state index contributed by atoms with van der Waals surface area (Å²) in [4.78, 5) is 0. The highest BCUT2D eigenvalue weighted by molar-refractivity contribution is 5.82. The van der Waals surface area contributed by atoms with Gasteiger partial charge in [-0.3, -0.25) is 5.43 Å². The average molecular weight is 288 g/mol. The van der Waals surface area contributed by atoms with Crippen LogP contribution < -0.4 is 5.43 Å². The Bertz CT molecular complexity index is 765. The SMILES string of the molecule is Oc1ccccc1-c1ccc(C=NNc2ccccc2)cc1. The molecule has 0 aromatic heterocycles. The number of phenols is 1. The molecular weight excluding hydrogens is 272 g/mol. The van der Waals surface area contributed by atoms with E-state index in [-0.39, 0.29) is 5.75 Å². The summed E-state index contributed by atoms with van der Waals surface area (Å²) in [6.45, 7) is 0. The van der Waals surface area contributed by atoms with Gasteiger partial charge in [-0.25, -0.2) is 0 Å². The Labute approximate surface area is 129 Å². The number of phenolic OH excluding ortho intramolecular Hbond substituents is 1. The lowest BCUT2D eigenvalue weighted by molar-refractivity contribution is 0.477. The Morgan fingerprint density at radius 2 is 1.45 bits per heavy atom. The van der Waals surface area contributed by atoms with Gasteiger partial charge in [0.05, 0.1) is 11.9 Å². The predicted octanol–water partition coefficient (Wildman–Crippen LogP) is 4.51. The van der Waals surface area contributed by atoms with Crippen LogP contribution in [-0.4, -0.2) is 11.3 Å². The molecule has 0 heterocycles. The van der Waals surface area contributed by atoms with Gasteiger partial charge in [-0.15, -0.1) is 0 Å². The van der Waals surface area contributed by atoms with Crippen molar-refractivity contribution in [2.45, 2.75) is 0 Å². The molecule has 3 aromatic carbocycles. The van der Waals surface area contributed by atoms with Crippen molar-refractivity contribution in [3.05, 3.63) is 84.4 Å². The van der Waals surface area contributed by atoms with Gasteiger partial charge in [-0.05, 0) is 29.3 Å². The van der Waals surface area contributed by atoms with Crippen LogP contribution in [-0.2, 0) is 0 Å². The van der Waals surface area contributed by atoms with Crippen molar-refractivity contribution >= 4 is 11.9 Å². The topological polar surface area (TPSA) is 44.6 Å². The first kappa shape index (κ1) is 13.9. The summed E-state index contributed by atoms with van der Waals surface area (Å²) in [5.74, 6) is 0.287. The third-order valence-corrected chi connectivity index (χ3v) is 3.31. The number of nitrogens with zero attached hydrogens (tertiary/aromatic N) is 1. The van der Waals surface area contributed by atoms with Crippen LogP contribution in [0.25, 0.3) is 11.1 Å². The quantitative estimate of drug-likeness (QED) is 0.548. The van der Waals surface area contributed by atoms with E-state index in [9.17, 15) is 5.11 Å². The van der Waals surface area contributed by atoms with Crippen molar-refractivity contribution in [1.29, 1.82) is 0 Å². The van der Waals surface area contributed by atoms with Gasteiger partial charge in [0.2, 0.25) is 0 Å². The molecule has 0 atom stereocenters. The zero-order valence-electron chi connectivity index (χ0n) is 12.0. The van der Waals surface area contributed by atoms with Gasteiger partial charge >= 0.3 is 0 Å². The molecule has 0 aliphatic rings. The van der Waals surface area contributed by atoms with E-state index >= 15 is 0 Å². The van der Waals surface area contributed by atoms with E-state index in [1.807, 2.05) is 72.8 Å². The van der Waals surface area contributed by atoms with Gasteiger partial charge in [0.25, 0.3) is 0 Å². The summed E-state index contributed by atoms with van der Waals surface area (Å²) in [5.41, 5.74) is 6.72. The minimum Gasteiger partial charge on any atom is -0.507 e. The lowest BCUT2D eigenvalue weighted by Crippen LogP contribution is -1.90. The molecule has 0 aliphatic carbocycles. The van der Waals surface area contributed by atoms with E-state index in [0.29, 0.717) is 0 Å². The first-order valence-corrected chi connectivity index (χ1v) is 7.05. The highest BCUT2D eigenvalue weighted by Crippen LogP contribution is 2.28. The Morgan fingerprint density at radius 1 is 0.773 bits per heavy atom. The second-order valence-electron chi connectivity index (χ2n) is 4.88. The van der Waals surface area contributed by atoms with E-state index in [0.717, 1.165) is 22.4 Å². The van der Waals surface area contributed by atoms with E-state index in [1.165, 1.54) is 0 Å². The summed E-state index contributed by atoms with van der Waals surface area (Å²) >= 11 is 0. The van der Waals surface area contributed by atoms with Crippen LogP contribution in [0, 0.1) is 0 Å². The number of para-hydroxylation sites is 2. The summed E-state index contributed by atoms with van der Waals surface area (Å²) in [6.07, 6.45) is 1.77. The molecule has 3 nitrogen and oxygen atoms in total. The fraction of sp³-hybridized carbons (Fsp3) is 0. The van der Waals surface area contributed by atoms with Gasteiger partial charge in [0.15, 0.2) is 0 Å². The Morgan fingerprint density at radius 3 is 2.18 bits per heavy atom. The van der Waals surface area contributed by atoms with E-state index in [1.54, 1.807) is 12.3 Å². The molecule has 0 bridgehead atoms. The van der Waals surface area contributed by atoms with Crippen molar-refractivity contribution in [1.82, 2.24) is 0 Å². The first-order chi connectivity index (χ1) is 10.8. The van der Waals surface area contributed by atoms with Crippen LogP contribution in [0.2, 0.25) is 0 Å². The number of hydrazone groups is 1. The average Bonchev–Trinajstić information content (AvgIpc) is 2.57. The smallest absolute Gasteiger partial charge is 0.123 e. The summed E-state index contributed by atoms with van der Waals surface area (Å²) in [7, 11) is 0. The molecule has 0 fully saturated rings. The number of hydrogen-bond acceptors (Lipinski definition) is 3. The van der Waals surface area contributed by atoms with Crippen molar-refractivity contribution < 1.29 is 5.11 Å². The predicted molar refractivity (Wildman–Crippen MR) is 91.2 cm³/mol. The van der Waals surface area contributed by atoms with Crippen LogP contribution in [0.1, 0.15) is 5.56 Å². The molecule has 108 valence electrons. The number of anilines is 1. The maximum atomic E-state index is 9.86. The third kappa shape index (κ3) is 3.33. The lowest BCUT2D eigenvalue weighted by atomic mass is 10.0. The molecule has 0 saturated carbocycles. The second kappa shape index (κ2) is 6.59. The summed E-state index contributed by atoms with van der Waals surface area (Å²) < 4.78 is 0. The molecule has 0 aliphatic heterocycles. The number of benzene rings is 3.